The van der Waals surface area contributed by atoms with Crippen molar-refractivity contribution in [3.8, 4) is 0 Å². The number of nitrogens with one attached hydrogen (secondary N) is 1. The third kappa shape index (κ3) is 3.58. The van der Waals surface area contributed by atoms with Gasteiger partial charge >= 0.3 is 0 Å². The Kier molecular flexibility index (Phi) is 4.55. The van der Waals surface area contributed by atoms with Gasteiger partial charge in [0.2, 0.25) is 0 Å². The molecule has 5 nitrogen and oxygen atoms in total. The van der Waals surface area contributed by atoms with E-state index in [1.54, 1.807) is 25.1 Å². The van der Waals surface area contributed by atoms with Crippen LogP contribution in [0.3, 0.4) is 0 Å². The van der Waals surface area contributed by atoms with E-state index in [2.05, 4.69) is 5.32 Å². The smallest absolute Gasteiger partial charge is 0.272 e. The predicted molar refractivity (Wildman–Crippen MR) is 81.8 cm³/mol. The lowest BCUT2D eigenvalue weighted by Gasteiger charge is -2.07. The number of hydrogen-bond acceptors (Lipinski definition) is 3. The second-order valence-corrected chi connectivity index (χ2v) is 4.81. The number of nitro groups is 1. The zero-order valence-corrected chi connectivity index (χ0v) is 12.1. The molecule has 0 saturated carbocycles. The lowest BCUT2D eigenvalue weighted by atomic mass is 10.1. The van der Waals surface area contributed by atoms with Gasteiger partial charge in [-0.15, -0.1) is 11.6 Å². The summed E-state index contributed by atoms with van der Waals surface area (Å²) in [6, 6.07) is 11.5. The van der Waals surface area contributed by atoms with E-state index in [-0.39, 0.29) is 11.6 Å². The van der Waals surface area contributed by atoms with Gasteiger partial charge in [0.1, 0.15) is 0 Å². The maximum absolute atomic E-state index is 12.1. The monoisotopic (exact) mass is 304 g/mol. The number of hydrogen-bond donors (Lipinski definition) is 1. The standard InChI is InChI=1S/C15H13ClN2O3/c1-10-7-12(5-6-14(10)18(20)21)15(19)17-13-4-2-3-11(8-13)9-16/h2-8H,9H2,1H3,(H,17,19). The van der Waals surface area contributed by atoms with Crippen molar-refractivity contribution in [1.29, 1.82) is 0 Å². The van der Waals surface area contributed by atoms with Crippen LogP contribution in [0, 0.1) is 17.0 Å². The largest absolute Gasteiger partial charge is 0.322 e. The van der Waals surface area contributed by atoms with Crippen molar-refractivity contribution in [2.75, 3.05) is 5.32 Å². The Morgan fingerprint density at radius 2 is 2.05 bits per heavy atom. The third-order valence-electron chi connectivity index (χ3n) is 2.99. The molecule has 21 heavy (non-hydrogen) atoms. The van der Waals surface area contributed by atoms with Crippen LogP contribution in [-0.4, -0.2) is 10.8 Å². The van der Waals surface area contributed by atoms with Gasteiger partial charge in [-0.25, -0.2) is 0 Å². The molecule has 108 valence electrons. The van der Waals surface area contributed by atoms with Crippen LogP contribution < -0.4 is 5.32 Å². The molecule has 0 heterocycles. The molecule has 1 N–H and O–H groups in total. The number of amides is 1. The van der Waals surface area contributed by atoms with E-state index in [0.717, 1.165) is 5.56 Å². The molecule has 0 saturated heterocycles. The van der Waals surface area contributed by atoms with Gasteiger partial charge in [-0.05, 0) is 36.8 Å². The summed E-state index contributed by atoms with van der Waals surface area (Å²) in [5, 5.41) is 13.5. The highest BCUT2D eigenvalue weighted by molar-refractivity contribution is 6.17. The average Bonchev–Trinajstić information content (AvgIpc) is 2.46. The molecule has 0 atom stereocenters. The van der Waals surface area contributed by atoms with Gasteiger partial charge in [0.15, 0.2) is 0 Å². The number of nitro benzene ring substituents is 1. The summed E-state index contributed by atoms with van der Waals surface area (Å²) in [6.07, 6.45) is 0. The van der Waals surface area contributed by atoms with Crippen LogP contribution in [-0.2, 0) is 5.88 Å². The Morgan fingerprint density at radius 3 is 2.67 bits per heavy atom. The summed E-state index contributed by atoms with van der Waals surface area (Å²) in [5.74, 6) is 0.0418. The topological polar surface area (TPSA) is 72.2 Å². The van der Waals surface area contributed by atoms with Crippen LogP contribution in [0.2, 0.25) is 0 Å². The first-order valence-electron chi connectivity index (χ1n) is 6.22. The number of carbonyl (C=O) groups excluding carboxylic acids is 1. The second kappa shape index (κ2) is 6.37. The van der Waals surface area contributed by atoms with Gasteiger partial charge in [-0.1, -0.05) is 12.1 Å². The van der Waals surface area contributed by atoms with Crippen LogP contribution >= 0.6 is 11.6 Å². The first-order valence-corrected chi connectivity index (χ1v) is 6.76. The quantitative estimate of drug-likeness (QED) is 0.529. The fourth-order valence-corrected chi connectivity index (χ4v) is 2.10. The number of aryl methyl sites for hydroxylation is 1. The van der Waals surface area contributed by atoms with Crippen molar-refractivity contribution < 1.29 is 9.72 Å². The molecule has 2 aromatic rings. The summed E-state index contributed by atoms with van der Waals surface area (Å²) in [4.78, 5) is 22.4. The highest BCUT2D eigenvalue weighted by atomic mass is 35.5. The fourth-order valence-electron chi connectivity index (χ4n) is 1.94. The lowest BCUT2D eigenvalue weighted by Crippen LogP contribution is -2.12. The summed E-state index contributed by atoms with van der Waals surface area (Å²) in [6.45, 7) is 1.60. The second-order valence-electron chi connectivity index (χ2n) is 4.55. The molecule has 1 amide bonds. The Balaban J connectivity index is 2.20. The van der Waals surface area contributed by atoms with Crippen molar-refractivity contribution in [3.63, 3.8) is 0 Å². The van der Waals surface area contributed by atoms with E-state index < -0.39 is 4.92 Å². The van der Waals surface area contributed by atoms with E-state index in [9.17, 15) is 14.9 Å². The predicted octanol–water partition coefficient (Wildman–Crippen LogP) is 3.89. The molecule has 0 aromatic heterocycles. The molecule has 0 bridgehead atoms. The third-order valence-corrected chi connectivity index (χ3v) is 3.30. The Labute approximate surface area is 126 Å². The number of nitrogens with zero attached hydrogens (tertiary/aromatic N) is 1. The number of halogens is 1. The molecular formula is C15H13ClN2O3. The van der Waals surface area contributed by atoms with Crippen LogP contribution in [0.25, 0.3) is 0 Å². The van der Waals surface area contributed by atoms with Crippen molar-refractivity contribution in [2.45, 2.75) is 12.8 Å². The summed E-state index contributed by atoms with van der Waals surface area (Å²) < 4.78 is 0. The lowest BCUT2D eigenvalue weighted by molar-refractivity contribution is -0.385. The zero-order chi connectivity index (χ0) is 15.4. The van der Waals surface area contributed by atoms with E-state index in [0.29, 0.717) is 22.7 Å². The molecule has 0 aliphatic heterocycles. The summed E-state index contributed by atoms with van der Waals surface area (Å²) >= 11 is 5.74. The maximum Gasteiger partial charge on any atom is 0.272 e. The minimum absolute atomic E-state index is 0.00399. The molecule has 6 heteroatoms. The first-order chi connectivity index (χ1) is 10.0. The molecule has 0 fully saturated rings. The van der Waals surface area contributed by atoms with Crippen LogP contribution in [0.5, 0.6) is 0 Å². The number of benzene rings is 2. The van der Waals surface area contributed by atoms with Crippen LogP contribution in [0.15, 0.2) is 42.5 Å². The average molecular weight is 305 g/mol. The number of anilines is 1. The van der Waals surface area contributed by atoms with Crippen molar-refractivity contribution in [2.24, 2.45) is 0 Å². The highest BCUT2D eigenvalue weighted by Crippen LogP contribution is 2.20. The molecule has 2 aromatic carbocycles. The first kappa shape index (κ1) is 15.0. The van der Waals surface area contributed by atoms with Gasteiger partial charge in [-0.2, -0.15) is 0 Å². The van der Waals surface area contributed by atoms with E-state index in [1.807, 2.05) is 6.07 Å². The molecule has 0 aliphatic rings. The molecular weight excluding hydrogens is 292 g/mol. The Morgan fingerprint density at radius 1 is 1.29 bits per heavy atom. The van der Waals surface area contributed by atoms with Gasteiger partial charge in [0.25, 0.3) is 11.6 Å². The van der Waals surface area contributed by atoms with Crippen molar-refractivity contribution in [1.82, 2.24) is 0 Å². The Bertz CT molecular complexity index is 701. The Hall–Kier alpha value is -2.40. The normalized spacial score (nSPS) is 10.2. The van der Waals surface area contributed by atoms with E-state index in [1.165, 1.54) is 18.2 Å². The number of alkyl halides is 1. The van der Waals surface area contributed by atoms with Crippen molar-refractivity contribution >= 4 is 28.9 Å². The minimum Gasteiger partial charge on any atom is -0.322 e. The highest BCUT2D eigenvalue weighted by Gasteiger charge is 2.13. The summed E-state index contributed by atoms with van der Waals surface area (Å²) in [7, 11) is 0. The van der Waals surface area contributed by atoms with Crippen molar-refractivity contribution in [3.05, 3.63) is 69.3 Å². The fraction of sp³-hybridized carbons (Fsp3) is 0.133. The van der Waals surface area contributed by atoms with E-state index >= 15 is 0 Å². The maximum atomic E-state index is 12.1. The molecule has 0 radical (unpaired) electrons. The number of carbonyl (C=O) groups is 1. The molecule has 2 rings (SSSR count). The van der Waals surface area contributed by atoms with Gasteiger partial charge < -0.3 is 5.32 Å². The van der Waals surface area contributed by atoms with Crippen LogP contribution in [0.1, 0.15) is 21.5 Å². The van der Waals surface area contributed by atoms with Gasteiger partial charge in [0, 0.05) is 28.8 Å². The number of rotatable bonds is 4. The van der Waals surface area contributed by atoms with E-state index in [4.69, 9.17) is 11.6 Å². The molecule has 0 aliphatic carbocycles. The molecule has 0 unspecified atom stereocenters. The zero-order valence-electron chi connectivity index (χ0n) is 11.3. The molecule has 0 spiro atoms. The SMILES string of the molecule is Cc1cc(C(=O)Nc2cccc(CCl)c2)ccc1[N+](=O)[O-]. The van der Waals surface area contributed by atoms with Crippen LogP contribution in [0.4, 0.5) is 11.4 Å². The van der Waals surface area contributed by atoms with Gasteiger partial charge in [-0.3, -0.25) is 14.9 Å². The minimum atomic E-state index is -0.471. The van der Waals surface area contributed by atoms with Gasteiger partial charge in [0.05, 0.1) is 4.92 Å². The summed E-state index contributed by atoms with van der Waals surface area (Å²) in [5.41, 5.74) is 2.34.